The first-order valence-electron chi connectivity index (χ1n) is 6.94. The number of hydrogen-bond donors (Lipinski definition) is 1. The van der Waals surface area contributed by atoms with Crippen LogP contribution < -0.4 is 5.32 Å². The predicted molar refractivity (Wildman–Crippen MR) is 77.5 cm³/mol. The van der Waals surface area contributed by atoms with E-state index in [2.05, 4.69) is 11.4 Å². The van der Waals surface area contributed by atoms with Crippen LogP contribution in [0.1, 0.15) is 32.3 Å². The van der Waals surface area contributed by atoms with E-state index in [-0.39, 0.29) is 12.1 Å². The van der Waals surface area contributed by atoms with Crippen LogP contribution in [0.3, 0.4) is 0 Å². The number of benzene rings is 1. The Balaban J connectivity index is 1.92. The van der Waals surface area contributed by atoms with Crippen molar-refractivity contribution in [2.45, 2.75) is 39.3 Å². The number of carbonyl (C=O) groups excluding carboxylic acids is 1. The van der Waals surface area contributed by atoms with Gasteiger partial charge < -0.3 is 10.2 Å². The third-order valence-electron chi connectivity index (χ3n) is 3.28. The SMILES string of the molecule is CC(C)N(Cc1ccccc1)C(=O)N/C=C/C1CC1. The lowest BCUT2D eigenvalue weighted by molar-refractivity contribution is 0.183. The second kappa shape index (κ2) is 6.41. The van der Waals surface area contributed by atoms with Gasteiger partial charge in [0.1, 0.15) is 0 Å². The molecule has 1 saturated carbocycles. The molecule has 1 aliphatic carbocycles. The van der Waals surface area contributed by atoms with Crippen LogP contribution in [-0.2, 0) is 6.54 Å². The lowest BCUT2D eigenvalue weighted by atomic mass is 10.2. The zero-order chi connectivity index (χ0) is 13.7. The molecule has 0 aromatic heterocycles. The first-order chi connectivity index (χ1) is 9.16. The highest BCUT2D eigenvalue weighted by Crippen LogP contribution is 2.29. The van der Waals surface area contributed by atoms with E-state index < -0.39 is 0 Å². The maximum atomic E-state index is 12.2. The lowest BCUT2D eigenvalue weighted by Crippen LogP contribution is -2.41. The van der Waals surface area contributed by atoms with E-state index in [4.69, 9.17) is 0 Å². The van der Waals surface area contributed by atoms with Gasteiger partial charge >= 0.3 is 6.03 Å². The molecule has 0 atom stereocenters. The molecule has 3 heteroatoms. The van der Waals surface area contributed by atoms with E-state index in [1.54, 1.807) is 6.20 Å². The highest BCUT2D eigenvalue weighted by Gasteiger charge is 2.18. The summed E-state index contributed by atoms with van der Waals surface area (Å²) in [5.41, 5.74) is 1.15. The molecule has 102 valence electrons. The molecule has 1 fully saturated rings. The van der Waals surface area contributed by atoms with Crippen LogP contribution in [0.2, 0.25) is 0 Å². The molecular weight excluding hydrogens is 236 g/mol. The molecule has 19 heavy (non-hydrogen) atoms. The quantitative estimate of drug-likeness (QED) is 0.861. The third kappa shape index (κ3) is 4.43. The summed E-state index contributed by atoms with van der Waals surface area (Å²) in [5, 5.41) is 2.86. The number of carbonyl (C=O) groups is 1. The maximum Gasteiger partial charge on any atom is 0.321 e. The van der Waals surface area contributed by atoms with E-state index in [0.717, 1.165) is 5.56 Å². The minimum absolute atomic E-state index is 0.0317. The topological polar surface area (TPSA) is 32.3 Å². The molecule has 1 aromatic rings. The number of nitrogens with one attached hydrogen (secondary N) is 1. The Labute approximate surface area is 115 Å². The van der Waals surface area contributed by atoms with Crippen LogP contribution in [0.15, 0.2) is 42.6 Å². The minimum atomic E-state index is -0.0317. The lowest BCUT2D eigenvalue weighted by Gasteiger charge is -2.26. The first kappa shape index (κ1) is 13.7. The van der Waals surface area contributed by atoms with Gasteiger partial charge in [-0.2, -0.15) is 0 Å². The van der Waals surface area contributed by atoms with Gasteiger partial charge in [-0.05, 0) is 38.2 Å². The Morgan fingerprint density at radius 2 is 2.05 bits per heavy atom. The average Bonchev–Trinajstić information content (AvgIpc) is 3.21. The number of hydrogen-bond acceptors (Lipinski definition) is 1. The molecular formula is C16H22N2O. The molecule has 0 unspecified atom stereocenters. The predicted octanol–water partition coefficient (Wildman–Crippen LogP) is 3.53. The van der Waals surface area contributed by atoms with Gasteiger partial charge in [-0.15, -0.1) is 0 Å². The summed E-state index contributed by atoms with van der Waals surface area (Å²) >= 11 is 0. The molecule has 3 nitrogen and oxygen atoms in total. The van der Waals surface area contributed by atoms with Crippen LogP contribution in [0.4, 0.5) is 4.79 Å². The van der Waals surface area contributed by atoms with Crippen molar-refractivity contribution in [2.75, 3.05) is 0 Å². The van der Waals surface area contributed by atoms with Crippen LogP contribution in [0.5, 0.6) is 0 Å². The monoisotopic (exact) mass is 258 g/mol. The maximum absolute atomic E-state index is 12.2. The summed E-state index contributed by atoms with van der Waals surface area (Å²) < 4.78 is 0. The largest absolute Gasteiger partial charge is 0.321 e. The van der Waals surface area contributed by atoms with Gasteiger partial charge in [-0.25, -0.2) is 4.79 Å². The van der Waals surface area contributed by atoms with Crippen molar-refractivity contribution >= 4 is 6.03 Å². The standard InChI is InChI=1S/C16H22N2O/c1-13(2)18(12-15-6-4-3-5-7-15)16(19)17-11-10-14-8-9-14/h3-7,10-11,13-14H,8-9,12H2,1-2H3,(H,17,19)/b11-10+. The van der Waals surface area contributed by atoms with E-state index in [9.17, 15) is 4.79 Å². The van der Waals surface area contributed by atoms with Gasteiger partial charge in [-0.3, -0.25) is 0 Å². The van der Waals surface area contributed by atoms with Gasteiger partial charge in [0.05, 0.1) is 0 Å². The fourth-order valence-electron chi connectivity index (χ4n) is 1.90. The average molecular weight is 258 g/mol. The molecule has 2 amide bonds. The molecule has 0 heterocycles. The summed E-state index contributed by atoms with van der Waals surface area (Å²) in [6.07, 6.45) is 6.38. The van der Waals surface area contributed by atoms with Crippen molar-refractivity contribution in [1.82, 2.24) is 10.2 Å². The molecule has 0 bridgehead atoms. The molecule has 0 spiro atoms. The Bertz CT molecular complexity index is 435. The number of allylic oxidation sites excluding steroid dienone is 1. The van der Waals surface area contributed by atoms with E-state index in [1.807, 2.05) is 49.1 Å². The number of amides is 2. The summed E-state index contributed by atoms with van der Waals surface area (Å²) in [5.74, 6) is 0.682. The van der Waals surface area contributed by atoms with Crippen molar-refractivity contribution in [3.63, 3.8) is 0 Å². The first-order valence-corrected chi connectivity index (χ1v) is 6.94. The molecule has 2 rings (SSSR count). The summed E-state index contributed by atoms with van der Waals surface area (Å²) in [4.78, 5) is 14.0. The molecule has 0 radical (unpaired) electrons. The Kier molecular flexibility index (Phi) is 4.61. The molecule has 1 N–H and O–H groups in total. The van der Waals surface area contributed by atoms with Crippen LogP contribution in [0.25, 0.3) is 0 Å². The van der Waals surface area contributed by atoms with Gasteiger partial charge in [0.15, 0.2) is 0 Å². The fraction of sp³-hybridized carbons (Fsp3) is 0.438. The van der Waals surface area contributed by atoms with Crippen LogP contribution in [-0.4, -0.2) is 17.0 Å². The highest BCUT2D eigenvalue weighted by molar-refractivity contribution is 5.75. The highest BCUT2D eigenvalue weighted by atomic mass is 16.2. The summed E-state index contributed by atoms with van der Waals surface area (Å²) in [6, 6.07) is 10.2. The van der Waals surface area contributed by atoms with Crippen molar-refractivity contribution in [3.05, 3.63) is 48.2 Å². The minimum Gasteiger partial charge on any atom is -0.318 e. The Morgan fingerprint density at radius 1 is 1.37 bits per heavy atom. The van der Waals surface area contributed by atoms with E-state index in [0.29, 0.717) is 12.5 Å². The summed E-state index contributed by atoms with van der Waals surface area (Å²) in [6.45, 7) is 4.71. The normalized spacial score (nSPS) is 14.9. The molecule has 0 aliphatic heterocycles. The Hall–Kier alpha value is -1.77. The second-order valence-corrected chi connectivity index (χ2v) is 5.35. The van der Waals surface area contributed by atoms with E-state index in [1.165, 1.54) is 12.8 Å². The van der Waals surface area contributed by atoms with Gasteiger partial charge in [0.25, 0.3) is 0 Å². The van der Waals surface area contributed by atoms with Crippen LogP contribution >= 0.6 is 0 Å². The van der Waals surface area contributed by atoms with Gasteiger partial charge in [0.2, 0.25) is 0 Å². The Morgan fingerprint density at radius 3 is 2.63 bits per heavy atom. The molecule has 0 saturated heterocycles. The molecule has 1 aromatic carbocycles. The number of nitrogens with zero attached hydrogens (tertiary/aromatic N) is 1. The van der Waals surface area contributed by atoms with Crippen molar-refractivity contribution < 1.29 is 4.79 Å². The zero-order valence-electron chi connectivity index (χ0n) is 11.7. The smallest absolute Gasteiger partial charge is 0.318 e. The number of rotatable bonds is 5. The third-order valence-corrected chi connectivity index (χ3v) is 3.28. The second-order valence-electron chi connectivity index (χ2n) is 5.35. The van der Waals surface area contributed by atoms with Gasteiger partial charge in [0, 0.05) is 18.8 Å². The van der Waals surface area contributed by atoms with Crippen molar-refractivity contribution in [1.29, 1.82) is 0 Å². The van der Waals surface area contributed by atoms with E-state index >= 15 is 0 Å². The van der Waals surface area contributed by atoms with Gasteiger partial charge in [-0.1, -0.05) is 36.4 Å². The fourth-order valence-corrected chi connectivity index (χ4v) is 1.90. The van der Waals surface area contributed by atoms with Crippen molar-refractivity contribution in [2.24, 2.45) is 5.92 Å². The number of urea groups is 1. The molecule has 1 aliphatic rings. The van der Waals surface area contributed by atoms with Crippen LogP contribution in [0, 0.1) is 5.92 Å². The zero-order valence-corrected chi connectivity index (χ0v) is 11.7. The van der Waals surface area contributed by atoms with Crippen molar-refractivity contribution in [3.8, 4) is 0 Å². The summed E-state index contributed by atoms with van der Waals surface area (Å²) in [7, 11) is 0.